The lowest BCUT2D eigenvalue weighted by molar-refractivity contribution is 0.481. The van der Waals surface area contributed by atoms with Crippen molar-refractivity contribution >= 4 is 17.6 Å². The Bertz CT molecular complexity index is 446. The number of guanidine groups is 1. The molecule has 19 heavy (non-hydrogen) atoms. The molecule has 0 aliphatic heterocycles. The fraction of sp³-hybridized carbons (Fsp3) is 0.500. The summed E-state index contributed by atoms with van der Waals surface area (Å²) in [5, 5.41) is 6.61. The van der Waals surface area contributed by atoms with Gasteiger partial charge in [-0.3, -0.25) is 4.99 Å². The minimum atomic E-state index is -0.402. The van der Waals surface area contributed by atoms with E-state index in [0.29, 0.717) is 18.5 Å². The van der Waals surface area contributed by atoms with Crippen LogP contribution in [0.5, 0.6) is 0 Å². The van der Waals surface area contributed by atoms with Gasteiger partial charge in [-0.15, -0.1) is 0 Å². The highest BCUT2D eigenvalue weighted by atomic mass is 35.5. The smallest absolute Gasteiger partial charge is 0.191 e. The molecule has 1 aromatic carbocycles. The van der Waals surface area contributed by atoms with Gasteiger partial charge in [0.05, 0.1) is 5.02 Å². The molecular formula is C14H21ClFN3. The number of hydrogen-bond donors (Lipinski definition) is 2. The minimum Gasteiger partial charge on any atom is -0.354 e. The van der Waals surface area contributed by atoms with Crippen LogP contribution in [0, 0.1) is 11.7 Å². The lowest BCUT2D eigenvalue weighted by Crippen LogP contribution is -2.43. The highest BCUT2D eigenvalue weighted by Crippen LogP contribution is 2.15. The summed E-state index contributed by atoms with van der Waals surface area (Å²) in [4.78, 5) is 4.15. The van der Waals surface area contributed by atoms with E-state index in [1.165, 1.54) is 6.07 Å². The number of nitrogens with one attached hydrogen (secondary N) is 2. The molecule has 1 aromatic rings. The molecule has 0 saturated carbocycles. The molecule has 0 fully saturated rings. The summed E-state index contributed by atoms with van der Waals surface area (Å²) in [7, 11) is 1.72. The molecule has 0 saturated heterocycles. The number of halogens is 2. The van der Waals surface area contributed by atoms with Crippen LogP contribution in [0.4, 0.5) is 4.39 Å². The van der Waals surface area contributed by atoms with Crippen molar-refractivity contribution in [3.05, 3.63) is 34.6 Å². The van der Waals surface area contributed by atoms with Crippen LogP contribution >= 0.6 is 11.6 Å². The van der Waals surface area contributed by atoms with Crippen LogP contribution in [0.15, 0.2) is 23.2 Å². The van der Waals surface area contributed by atoms with Crippen molar-refractivity contribution < 1.29 is 4.39 Å². The second-order valence-electron chi connectivity index (χ2n) is 4.85. The summed E-state index contributed by atoms with van der Waals surface area (Å²) in [6.45, 7) is 6.94. The molecule has 106 valence electrons. The second kappa shape index (κ2) is 7.34. The van der Waals surface area contributed by atoms with E-state index in [-0.39, 0.29) is 5.02 Å². The van der Waals surface area contributed by atoms with Gasteiger partial charge in [0.1, 0.15) is 5.82 Å². The Morgan fingerprint density at radius 2 is 2.05 bits per heavy atom. The quantitative estimate of drug-likeness (QED) is 0.658. The third-order valence-electron chi connectivity index (χ3n) is 3.03. The van der Waals surface area contributed by atoms with Gasteiger partial charge in [-0.25, -0.2) is 4.39 Å². The first kappa shape index (κ1) is 15.8. The Balaban J connectivity index is 2.56. The second-order valence-corrected chi connectivity index (χ2v) is 5.26. The van der Waals surface area contributed by atoms with E-state index in [1.54, 1.807) is 19.2 Å². The van der Waals surface area contributed by atoms with Crippen molar-refractivity contribution in [1.29, 1.82) is 0 Å². The maximum absolute atomic E-state index is 13.0. The largest absolute Gasteiger partial charge is 0.354 e. The molecule has 2 N–H and O–H groups in total. The lowest BCUT2D eigenvalue weighted by atomic mass is 10.1. The van der Waals surface area contributed by atoms with Gasteiger partial charge in [-0.1, -0.05) is 31.5 Å². The maximum atomic E-state index is 13.0. The fourth-order valence-corrected chi connectivity index (χ4v) is 1.62. The molecule has 3 nitrogen and oxygen atoms in total. The van der Waals surface area contributed by atoms with Crippen molar-refractivity contribution in [2.75, 3.05) is 7.05 Å². The van der Waals surface area contributed by atoms with Gasteiger partial charge in [0.15, 0.2) is 5.96 Å². The zero-order valence-corrected chi connectivity index (χ0v) is 12.6. The normalized spacial score (nSPS) is 13.5. The molecule has 1 unspecified atom stereocenters. The Labute approximate surface area is 119 Å². The van der Waals surface area contributed by atoms with E-state index in [0.717, 1.165) is 11.5 Å². The number of rotatable bonds is 4. The van der Waals surface area contributed by atoms with Crippen LogP contribution in [-0.4, -0.2) is 19.0 Å². The monoisotopic (exact) mass is 285 g/mol. The van der Waals surface area contributed by atoms with E-state index in [4.69, 9.17) is 11.6 Å². The Morgan fingerprint density at radius 3 is 2.58 bits per heavy atom. The fourth-order valence-electron chi connectivity index (χ4n) is 1.41. The number of nitrogens with zero attached hydrogens (tertiary/aromatic N) is 1. The summed E-state index contributed by atoms with van der Waals surface area (Å²) in [6.07, 6.45) is 0. The van der Waals surface area contributed by atoms with E-state index in [1.807, 2.05) is 0 Å². The SMILES string of the molecule is CN=C(NCc1ccc(F)c(Cl)c1)NC(C)C(C)C. The molecule has 1 rings (SSSR count). The summed E-state index contributed by atoms with van der Waals surface area (Å²) < 4.78 is 13.0. The van der Waals surface area contributed by atoms with Crippen LogP contribution in [0.25, 0.3) is 0 Å². The van der Waals surface area contributed by atoms with Gasteiger partial charge in [0.25, 0.3) is 0 Å². The summed E-state index contributed by atoms with van der Waals surface area (Å²) >= 11 is 5.74. The van der Waals surface area contributed by atoms with Crippen molar-refractivity contribution in [1.82, 2.24) is 10.6 Å². The van der Waals surface area contributed by atoms with E-state index < -0.39 is 5.82 Å². The zero-order chi connectivity index (χ0) is 14.4. The zero-order valence-electron chi connectivity index (χ0n) is 11.8. The van der Waals surface area contributed by atoms with Crippen LogP contribution in [0.1, 0.15) is 26.3 Å². The van der Waals surface area contributed by atoms with Crippen LogP contribution in [0.3, 0.4) is 0 Å². The molecule has 0 aromatic heterocycles. The van der Waals surface area contributed by atoms with Gasteiger partial charge in [-0.2, -0.15) is 0 Å². The van der Waals surface area contributed by atoms with Gasteiger partial charge in [0, 0.05) is 19.6 Å². The maximum Gasteiger partial charge on any atom is 0.191 e. The van der Waals surface area contributed by atoms with E-state index >= 15 is 0 Å². The Morgan fingerprint density at radius 1 is 1.37 bits per heavy atom. The summed E-state index contributed by atoms with van der Waals surface area (Å²) in [5.74, 6) is 0.835. The third-order valence-corrected chi connectivity index (χ3v) is 3.32. The first-order chi connectivity index (χ1) is 8.93. The summed E-state index contributed by atoms with van der Waals surface area (Å²) in [5.41, 5.74) is 0.909. The molecule has 0 heterocycles. The molecule has 0 radical (unpaired) electrons. The summed E-state index contributed by atoms with van der Waals surface area (Å²) in [6, 6.07) is 5.01. The molecule has 0 aliphatic carbocycles. The van der Waals surface area contributed by atoms with Crippen molar-refractivity contribution in [2.45, 2.75) is 33.4 Å². The molecule has 0 aliphatic rings. The molecule has 0 bridgehead atoms. The lowest BCUT2D eigenvalue weighted by Gasteiger charge is -2.20. The predicted octanol–water partition coefficient (Wildman–Crippen LogP) is 3.19. The molecular weight excluding hydrogens is 265 g/mol. The van der Waals surface area contributed by atoms with Crippen molar-refractivity contribution in [3.63, 3.8) is 0 Å². The number of aliphatic imine (C=N–C) groups is 1. The number of hydrogen-bond acceptors (Lipinski definition) is 1. The van der Waals surface area contributed by atoms with Gasteiger partial charge in [0.2, 0.25) is 0 Å². The molecule has 0 spiro atoms. The average Bonchev–Trinajstić information content (AvgIpc) is 2.37. The topological polar surface area (TPSA) is 36.4 Å². The molecule has 5 heteroatoms. The van der Waals surface area contributed by atoms with Crippen molar-refractivity contribution in [3.8, 4) is 0 Å². The van der Waals surface area contributed by atoms with E-state index in [9.17, 15) is 4.39 Å². The van der Waals surface area contributed by atoms with Gasteiger partial charge < -0.3 is 10.6 Å². The Hall–Kier alpha value is -1.29. The Kier molecular flexibility index (Phi) is 6.09. The first-order valence-corrected chi connectivity index (χ1v) is 6.73. The van der Waals surface area contributed by atoms with Gasteiger partial charge in [-0.05, 0) is 30.5 Å². The van der Waals surface area contributed by atoms with Crippen LogP contribution < -0.4 is 10.6 Å². The number of benzene rings is 1. The molecule has 1 atom stereocenters. The van der Waals surface area contributed by atoms with Crippen molar-refractivity contribution in [2.24, 2.45) is 10.9 Å². The predicted molar refractivity (Wildman–Crippen MR) is 79.0 cm³/mol. The molecule has 0 amide bonds. The highest BCUT2D eigenvalue weighted by molar-refractivity contribution is 6.30. The van der Waals surface area contributed by atoms with E-state index in [2.05, 4.69) is 36.4 Å². The van der Waals surface area contributed by atoms with Gasteiger partial charge >= 0.3 is 0 Å². The first-order valence-electron chi connectivity index (χ1n) is 6.35. The van der Waals surface area contributed by atoms with Crippen LogP contribution in [-0.2, 0) is 6.54 Å². The average molecular weight is 286 g/mol. The highest BCUT2D eigenvalue weighted by Gasteiger charge is 2.09. The van der Waals surface area contributed by atoms with Crippen LogP contribution in [0.2, 0.25) is 5.02 Å². The minimum absolute atomic E-state index is 0.137. The standard InChI is InChI=1S/C14H21ClFN3/c1-9(2)10(3)19-14(17-4)18-8-11-5-6-13(16)12(15)7-11/h5-7,9-10H,8H2,1-4H3,(H2,17,18,19). The third kappa shape index (κ3) is 5.07.